The van der Waals surface area contributed by atoms with Crippen LogP contribution in [-0.2, 0) is 11.3 Å². The van der Waals surface area contributed by atoms with Gasteiger partial charge in [-0.15, -0.1) is 10.2 Å². The number of carbonyl (C=O) groups excluding carboxylic acids is 1. The maximum Gasteiger partial charge on any atom is 0.244 e. The highest BCUT2D eigenvalue weighted by Gasteiger charge is 2.36. The van der Waals surface area contributed by atoms with Crippen molar-refractivity contribution in [2.24, 2.45) is 0 Å². The molecule has 1 unspecified atom stereocenters. The summed E-state index contributed by atoms with van der Waals surface area (Å²) < 4.78 is 5.69. The predicted octanol–water partition coefficient (Wildman–Crippen LogP) is 2.84. The largest absolute Gasteiger partial charge is 0.424 e. The molecule has 4 rings (SSSR count). The third-order valence-electron chi connectivity index (χ3n) is 4.65. The van der Waals surface area contributed by atoms with Crippen molar-refractivity contribution in [3.63, 3.8) is 0 Å². The molecular weight excluding hydrogens is 328 g/mol. The molecule has 0 spiro atoms. The van der Waals surface area contributed by atoms with Crippen molar-refractivity contribution in [1.82, 2.24) is 15.1 Å². The second-order valence-electron chi connectivity index (χ2n) is 6.47. The molecule has 24 heavy (non-hydrogen) atoms. The van der Waals surface area contributed by atoms with Crippen molar-refractivity contribution in [2.75, 3.05) is 18.5 Å². The molecule has 2 aromatic rings. The lowest BCUT2D eigenvalue weighted by Crippen LogP contribution is -2.39. The van der Waals surface area contributed by atoms with Gasteiger partial charge >= 0.3 is 0 Å². The van der Waals surface area contributed by atoms with Gasteiger partial charge in [-0.25, -0.2) is 0 Å². The number of hydrogen-bond donors (Lipinski definition) is 0. The van der Waals surface area contributed by atoms with E-state index in [0.717, 1.165) is 30.8 Å². The van der Waals surface area contributed by atoms with Gasteiger partial charge in [0.2, 0.25) is 17.7 Å². The Hall–Kier alpha value is -1.92. The Labute approximate surface area is 145 Å². The lowest BCUT2D eigenvalue weighted by atomic mass is 10.2. The molecule has 0 N–H and O–H groups in total. The van der Waals surface area contributed by atoms with Crippen LogP contribution in [-0.4, -0.2) is 40.6 Å². The van der Waals surface area contributed by atoms with Crippen LogP contribution in [0.2, 0.25) is 5.02 Å². The number of aromatic nitrogens is 2. The van der Waals surface area contributed by atoms with Crippen molar-refractivity contribution in [3.05, 3.63) is 41.1 Å². The summed E-state index contributed by atoms with van der Waals surface area (Å²) in [5.74, 6) is 1.81. The second-order valence-corrected chi connectivity index (χ2v) is 6.88. The molecule has 2 aliphatic rings. The van der Waals surface area contributed by atoms with Crippen LogP contribution in [0.15, 0.2) is 28.7 Å². The van der Waals surface area contributed by atoms with E-state index in [1.54, 1.807) is 11.0 Å². The molecular formula is C17H19ClN4O2. The topological polar surface area (TPSA) is 62.5 Å². The normalized spacial score (nSPS) is 21.0. The van der Waals surface area contributed by atoms with Crippen molar-refractivity contribution >= 4 is 23.2 Å². The van der Waals surface area contributed by atoms with Gasteiger partial charge in [0, 0.05) is 12.5 Å². The summed E-state index contributed by atoms with van der Waals surface area (Å²) in [7, 11) is 1.92. The van der Waals surface area contributed by atoms with E-state index in [-0.39, 0.29) is 11.9 Å². The second kappa shape index (κ2) is 6.18. The number of benzene rings is 1. The third-order valence-corrected chi connectivity index (χ3v) is 4.97. The minimum atomic E-state index is -0.197. The Balaban J connectivity index is 1.44. The highest BCUT2D eigenvalue weighted by Crippen LogP contribution is 2.39. The summed E-state index contributed by atoms with van der Waals surface area (Å²) in [6, 6.07) is 7.24. The minimum absolute atomic E-state index is 0.0625. The quantitative estimate of drug-likeness (QED) is 0.833. The molecule has 2 fully saturated rings. The Morgan fingerprint density at radius 2 is 2.08 bits per heavy atom. The van der Waals surface area contributed by atoms with Crippen LogP contribution in [0.4, 0.5) is 5.69 Å². The Kier molecular flexibility index (Phi) is 4.02. The summed E-state index contributed by atoms with van der Waals surface area (Å²) in [5.41, 5.74) is 0.772. The van der Waals surface area contributed by atoms with Gasteiger partial charge in [-0.3, -0.25) is 9.69 Å². The van der Waals surface area contributed by atoms with E-state index in [4.69, 9.17) is 16.0 Å². The first-order valence-electron chi connectivity index (χ1n) is 8.22. The molecule has 1 atom stereocenters. The van der Waals surface area contributed by atoms with Gasteiger partial charge in [0.1, 0.15) is 0 Å². The summed E-state index contributed by atoms with van der Waals surface area (Å²) in [6.07, 6.45) is 3.01. The van der Waals surface area contributed by atoms with Crippen LogP contribution >= 0.6 is 11.6 Å². The SMILES string of the molecule is CN(Cc1nnc(C2CC2)o1)C1CCN(c2ccccc2Cl)C1=O. The lowest BCUT2D eigenvalue weighted by Gasteiger charge is -2.22. The van der Waals surface area contributed by atoms with Gasteiger partial charge in [0.15, 0.2) is 0 Å². The molecule has 126 valence electrons. The van der Waals surface area contributed by atoms with Crippen LogP contribution in [0, 0.1) is 0 Å². The first-order chi connectivity index (χ1) is 11.6. The first kappa shape index (κ1) is 15.6. The van der Waals surface area contributed by atoms with Gasteiger partial charge in [0.05, 0.1) is 23.3 Å². The Morgan fingerprint density at radius 1 is 1.29 bits per heavy atom. The van der Waals surface area contributed by atoms with Crippen LogP contribution in [0.25, 0.3) is 0 Å². The molecule has 1 aliphatic carbocycles. The molecule has 6 nitrogen and oxygen atoms in total. The highest BCUT2D eigenvalue weighted by molar-refractivity contribution is 6.33. The van der Waals surface area contributed by atoms with Crippen LogP contribution in [0.1, 0.15) is 37.0 Å². The average Bonchev–Trinajstić information content (AvgIpc) is 3.20. The van der Waals surface area contributed by atoms with Crippen LogP contribution < -0.4 is 4.90 Å². The van der Waals surface area contributed by atoms with E-state index in [1.165, 1.54) is 0 Å². The average molecular weight is 347 g/mol. The number of hydrogen-bond acceptors (Lipinski definition) is 5. The van der Waals surface area contributed by atoms with E-state index in [9.17, 15) is 4.79 Å². The summed E-state index contributed by atoms with van der Waals surface area (Å²) in [6.45, 7) is 1.14. The van der Waals surface area contributed by atoms with Gasteiger partial charge in [-0.2, -0.15) is 0 Å². The maximum absolute atomic E-state index is 12.8. The van der Waals surface area contributed by atoms with E-state index in [1.807, 2.05) is 30.1 Å². The predicted molar refractivity (Wildman–Crippen MR) is 90.0 cm³/mol. The lowest BCUT2D eigenvalue weighted by molar-refractivity contribution is -0.121. The van der Waals surface area contributed by atoms with Crippen LogP contribution in [0.3, 0.4) is 0 Å². The molecule has 1 aromatic heterocycles. The summed E-state index contributed by atoms with van der Waals surface area (Å²) >= 11 is 6.22. The number of nitrogens with zero attached hydrogens (tertiary/aromatic N) is 4. The zero-order chi connectivity index (χ0) is 16.7. The van der Waals surface area contributed by atoms with E-state index in [0.29, 0.717) is 29.9 Å². The van der Waals surface area contributed by atoms with Gasteiger partial charge < -0.3 is 9.32 Å². The summed E-state index contributed by atoms with van der Waals surface area (Å²) in [5, 5.41) is 8.79. The third kappa shape index (κ3) is 2.91. The first-order valence-corrected chi connectivity index (χ1v) is 8.59. The molecule has 0 bridgehead atoms. The van der Waals surface area contributed by atoms with E-state index >= 15 is 0 Å². The van der Waals surface area contributed by atoms with Gasteiger partial charge in [-0.1, -0.05) is 23.7 Å². The zero-order valence-electron chi connectivity index (χ0n) is 13.5. The van der Waals surface area contributed by atoms with Crippen molar-refractivity contribution in [2.45, 2.75) is 37.8 Å². The zero-order valence-corrected chi connectivity index (χ0v) is 14.2. The van der Waals surface area contributed by atoms with Crippen molar-refractivity contribution < 1.29 is 9.21 Å². The number of amides is 1. The van der Waals surface area contributed by atoms with Gasteiger partial charge in [0.25, 0.3) is 0 Å². The number of anilines is 1. The fourth-order valence-corrected chi connectivity index (χ4v) is 3.37. The maximum atomic E-state index is 12.8. The molecule has 1 aromatic carbocycles. The number of carbonyl (C=O) groups is 1. The Morgan fingerprint density at radius 3 is 2.83 bits per heavy atom. The fraction of sp³-hybridized carbons (Fsp3) is 0.471. The molecule has 0 radical (unpaired) electrons. The van der Waals surface area contributed by atoms with Gasteiger partial charge in [-0.05, 0) is 38.4 Å². The molecule has 1 aliphatic heterocycles. The van der Waals surface area contributed by atoms with Crippen molar-refractivity contribution in [1.29, 1.82) is 0 Å². The molecule has 1 amide bonds. The number of para-hydroxylation sites is 1. The standard InChI is InChI=1S/C17H19ClN4O2/c1-21(10-15-19-20-16(24-15)11-6-7-11)14-8-9-22(17(14)23)13-5-3-2-4-12(13)18/h2-5,11,14H,6-10H2,1H3. The highest BCUT2D eigenvalue weighted by atomic mass is 35.5. The van der Waals surface area contributed by atoms with E-state index in [2.05, 4.69) is 10.2 Å². The van der Waals surface area contributed by atoms with Crippen LogP contribution in [0.5, 0.6) is 0 Å². The fourth-order valence-electron chi connectivity index (χ4n) is 3.13. The number of likely N-dealkylation sites (N-methyl/N-ethyl adjacent to an activating group) is 1. The number of halogens is 1. The number of rotatable bonds is 5. The molecule has 7 heteroatoms. The summed E-state index contributed by atoms with van der Waals surface area (Å²) in [4.78, 5) is 16.5. The monoisotopic (exact) mass is 346 g/mol. The smallest absolute Gasteiger partial charge is 0.244 e. The minimum Gasteiger partial charge on any atom is -0.424 e. The molecule has 2 heterocycles. The van der Waals surface area contributed by atoms with Crippen molar-refractivity contribution in [3.8, 4) is 0 Å². The van der Waals surface area contributed by atoms with E-state index < -0.39 is 0 Å². The molecule has 1 saturated carbocycles. The Bertz CT molecular complexity index is 759. The molecule has 1 saturated heterocycles.